The molecule has 5 rings (SSSR count). The van der Waals surface area contributed by atoms with E-state index >= 15 is 0 Å². The van der Waals surface area contributed by atoms with E-state index in [9.17, 15) is 4.79 Å². The van der Waals surface area contributed by atoms with Gasteiger partial charge in [0.15, 0.2) is 22.4 Å². The summed E-state index contributed by atoms with van der Waals surface area (Å²) >= 11 is 1.43. The molecule has 0 spiro atoms. The van der Waals surface area contributed by atoms with E-state index in [2.05, 4.69) is 31.2 Å². The van der Waals surface area contributed by atoms with E-state index in [-0.39, 0.29) is 12.6 Å². The number of benzene rings is 1. The smallest absolute Gasteiger partial charge is 0.231 e. The molecule has 2 aliphatic heterocycles. The average molecular weight is 470 g/mol. The van der Waals surface area contributed by atoms with Gasteiger partial charge in [0.25, 0.3) is 0 Å². The molecular formula is C23H27N5O4S. The Morgan fingerprint density at radius 1 is 1.09 bits per heavy atom. The number of anilines is 1. The third kappa shape index (κ3) is 4.08. The highest BCUT2D eigenvalue weighted by Crippen LogP contribution is 2.35. The van der Waals surface area contributed by atoms with Crippen LogP contribution in [0.25, 0.3) is 5.69 Å². The van der Waals surface area contributed by atoms with Gasteiger partial charge in [-0.05, 0) is 39.0 Å². The van der Waals surface area contributed by atoms with Crippen LogP contribution in [0, 0.1) is 13.8 Å². The first-order valence-electron chi connectivity index (χ1n) is 11.1. The minimum Gasteiger partial charge on any atom is -0.454 e. The van der Waals surface area contributed by atoms with Crippen molar-refractivity contribution >= 4 is 23.5 Å². The number of rotatable bonds is 7. The zero-order valence-electron chi connectivity index (χ0n) is 19.0. The van der Waals surface area contributed by atoms with Crippen LogP contribution in [0.1, 0.15) is 28.7 Å². The predicted molar refractivity (Wildman–Crippen MR) is 125 cm³/mol. The van der Waals surface area contributed by atoms with Gasteiger partial charge in [-0.25, -0.2) is 0 Å². The Bertz CT molecular complexity index is 1180. The Balaban J connectivity index is 1.33. The SMILES string of the molecule is CCn1c(SCC(=O)c2cc(C)n(-c3ccc4c(c3)OCO4)c2C)nnc1N1CCOCC1. The minimum absolute atomic E-state index is 0.0682. The number of nitrogens with zero attached hydrogens (tertiary/aromatic N) is 5. The maximum atomic E-state index is 13.2. The Morgan fingerprint density at radius 2 is 1.88 bits per heavy atom. The van der Waals surface area contributed by atoms with Crippen molar-refractivity contribution in [2.24, 2.45) is 0 Å². The lowest BCUT2D eigenvalue weighted by molar-refractivity contribution is 0.102. The lowest BCUT2D eigenvalue weighted by atomic mass is 10.2. The molecule has 4 heterocycles. The summed E-state index contributed by atoms with van der Waals surface area (Å²) in [7, 11) is 0. The van der Waals surface area contributed by atoms with E-state index in [0.717, 1.165) is 59.3 Å². The van der Waals surface area contributed by atoms with Crippen LogP contribution in [-0.2, 0) is 11.3 Å². The molecule has 9 nitrogen and oxygen atoms in total. The van der Waals surface area contributed by atoms with Crippen LogP contribution >= 0.6 is 11.8 Å². The van der Waals surface area contributed by atoms with Gasteiger partial charge in [0.05, 0.1) is 19.0 Å². The fourth-order valence-corrected chi connectivity index (χ4v) is 5.22. The predicted octanol–water partition coefficient (Wildman–Crippen LogP) is 3.25. The number of hydrogen-bond acceptors (Lipinski definition) is 8. The summed E-state index contributed by atoms with van der Waals surface area (Å²) in [6.07, 6.45) is 0. The highest BCUT2D eigenvalue weighted by molar-refractivity contribution is 7.99. The molecule has 0 unspecified atom stereocenters. The van der Waals surface area contributed by atoms with Crippen molar-refractivity contribution in [1.29, 1.82) is 0 Å². The molecule has 10 heteroatoms. The van der Waals surface area contributed by atoms with E-state index in [1.165, 1.54) is 11.8 Å². The minimum atomic E-state index is 0.0682. The maximum absolute atomic E-state index is 13.2. The van der Waals surface area contributed by atoms with E-state index in [1.807, 2.05) is 38.1 Å². The number of Topliss-reactive ketones (excluding diaryl/α,β-unsaturated/α-hetero) is 1. The van der Waals surface area contributed by atoms with Crippen molar-refractivity contribution in [2.45, 2.75) is 32.5 Å². The number of aromatic nitrogens is 4. The van der Waals surface area contributed by atoms with Gasteiger partial charge in [-0.15, -0.1) is 10.2 Å². The molecule has 0 saturated carbocycles. The zero-order valence-corrected chi connectivity index (χ0v) is 19.9. The van der Waals surface area contributed by atoms with Gasteiger partial charge in [-0.2, -0.15) is 0 Å². The monoisotopic (exact) mass is 469 g/mol. The van der Waals surface area contributed by atoms with Crippen LogP contribution in [0.4, 0.5) is 5.95 Å². The topological polar surface area (TPSA) is 83.6 Å². The van der Waals surface area contributed by atoms with Gasteiger partial charge in [-0.3, -0.25) is 9.36 Å². The van der Waals surface area contributed by atoms with E-state index in [4.69, 9.17) is 14.2 Å². The second kappa shape index (κ2) is 9.11. The molecular weight excluding hydrogens is 442 g/mol. The van der Waals surface area contributed by atoms with Crippen molar-refractivity contribution in [1.82, 2.24) is 19.3 Å². The molecule has 1 aromatic carbocycles. The molecule has 3 aromatic rings. The van der Waals surface area contributed by atoms with Crippen LogP contribution < -0.4 is 14.4 Å². The zero-order chi connectivity index (χ0) is 22.9. The molecule has 2 aliphatic rings. The number of thioether (sulfide) groups is 1. The number of carbonyl (C=O) groups is 1. The summed E-state index contributed by atoms with van der Waals surface area (Å²) < 4.78 is 20.5. The second-order valence-corrected chi connectivity index (χ2v) is 8.94. The van der Waals surface area contributed by atoms with Crippen LogP contribution in [-0.4, -0.2) is 64.0 Å². The van der Waals surface area contributed by atoms with Crippen molar-refractivity contribution in [3.05, 3.63) is 41.2 Å². The van der Waals surface area contributed by atoms with E-state index in [0.29, 0.717) is 24.5 Å². The van der Waals surface area contributed by atoms with Gasteiger partial charge < -0.3 is 23.7 Å². The van der Waals surface area contributed by atoms with Gasteiger partial charge in [0.2, 0.25) is 12.7 Å². The van der Waals surface area contributed by atoms with Crippen LogP contribution in [0.15, 0.2) is 29.4 Å². The number of aryl methyl sites for hydroxylation is 1. The highest BCUT2D eigenvalue weighted by atomic mass is 32.2. The third-order valence-corrected chi connectivity index (χ3v) is 6.95. The number of morpholine rings is 1. The summed E-state index contributed by atoms with van der Waals surface area (Å²) in [5.74, 6) is 2.67. The molecule has 2 aromatic heterocycles. The van der Waals surface area contributed by atoms with Crippen LogP contribution in [0.5, 0.6) is 11.5 Å². The first-order chi connectivity index (χ1) is 16.1. The van der Waals surface area contributed by atoms with Gasteiger partial charge in [-0.1, -0.05) is 11.8 Å². The van der Waals surface area contributed by atoms with Gasteiger partial charge in [0, 0.05) is 48.3 Å². The number of ether oxygens (including phenoxy) is 3. The van der Waals surface area contributed by atoms with Crippen molar-refractivity contribution in [3.63, 3.8) is 0 Å². The first-order valence-corrected chi connectivity index (χ1v) is 12.1. The Labute approximate surface area is 196 Å². The molecule has 0 radical (unpaired) electrons. The summed E-state index contributed by atoms with van der Waals surface area (Å²) in [4.78, 5) is 15.4. The van der Waals surface area contributed by atoms with Crippen molar-refractivity contribution < 1.29 is 19.0 Å². The fraction of sp³-hybridized carbons (Fsp3) is 0.435. The molecule has 174 valence electrons. The third-order valence-electron chi connectivity index (χ3n) is 5.99. The molecule has 0 atom stereocenters. The van der Waals surface area contributed by atoms with Crippen LogP contribution in [0.2, 0.25) is 0 Å². The number of carbonyl (C=O) groups excluding carboxylic acids is 1. The summed E-state index contributed by atoms with van der Waals surface area (Å²) in [5, 5.41) is 9.52. The average Bonchev–Trinajstić information content (AvgIpc) is 3.54. The summed E-state index contributed by atoms with van der Waals surface area (Å²) in [6, 6.07) is 7.78. The Morgan fingerprint density at radius 3 is 2.67 bits per heavy atom. The summed E-state index contributed by atoms with van der Waals surface area (Å²) in [6.45, 7) is 10.0. The van der Waals surface area contributed by atoms with Gasteiger partial charge in [0.1, 0.15) is 0 Å². The first kappa shape index (κ1) is 21.8. The Kier molecular flexibility index (Phi) is 6.03. The van der Waals surface area contributed by atoms with Crippen LogP contribution in [0.3, 0.4) is 0 Å². The summed E-state index contributed by atoms with van der Waals surface area (Å²) in [5.41, 5.74) is 3.56. The van der Waals surface area contributed by atoms with Crippen molar-refractivity contribution in [3.8, 4) is 17.2 Å². The lowest BCUT2D eigenvalue weighted by Crippen LogP contribution is -2.38. The molecule has 0 N–H and O–H groups in total. The standard InChI is InChI=1S/C23H27N5O4S/c1-4-27-22(26-7-9-30-10-8-26)24-25-23(27)33-13-19(29)18-11-15(2)28(16(18)3)17-5-6-20-21(12-17)32-14-31-20/h5-6,11-12H,4,7-10,13-14H2,1-3H3. The quantitative estimate of drug-likeness (QED) is 0.385. The normalized spacial score (nSPS) is 15.3. The van der Waals surface area contributed by atoms with E-state index in [1.54, 1.807) is 0 Å². The number of hydrogen-bond donors (Lipinski definition) is 0. The fourth-order valence-electron chi connectivity index (χ4n) is 4.34. The number of ketones is 1. The largest absolute Gasteiger partial charge is 0.454 e. The molecule has 0 aliphatic carbocycles. The molecule has 1 fully saturated rings. The molecule has 0 bridgehead atoms. The van der Waals surface area contributed by atoms with Crippen molar-refractivity contribution in [2.75, 3.05) is 43.7 Å². The lowest BCUT2D eigenvalue weighted by Gasteiger charge is -2.27. The molecule has 1 saturated heterocycles. The molecule has 0 amide bonds. The van der Waals surface area contributed by atoms with Gasteiger partial charge >= 0.3 is 0 Å². The second-order valence-electron chi connectivity index (χ2n) is 8.00. The Hall–Kier alpha value is -2.98. The number of fused-ring (bicyclic) bond motifs is 1. The molecule has 33 heavy (non-hydrogen) atoms. The highest BCUT2D eigenvalue weighted by Gasteiger charge is 2.23. The van der Waals surface area contributed by atoms with E-state index < -0.39 is 0 Å². The maximum Gasteiger partial charge on any atom is 0.231 e.